The molecule has 0 aliphatic heterocycles. The number of rotatable bonds is 16. The van der Waals surface area contributed by atoms with Crippen molar-refractivity contribution in [2.45, 2.75) is 52.2 Å². The Morgan fingerprint density at radius 1 is 1.00 bits per heavy atom. The summed E-state index contributed by atoms with van der Waals surface area (Å²) in [5.41, 5.74) is 12.6. The molecule has 0 bridgehead atoms. The average Bonchev–Trinajstić information content (AvgIpc) is 3.06. The van der Waals surface area contributed by atoms with Crippen molar-refractivity contribution in [3.63, 3.8) is 0 Å². The van der Waals surface area contributed by atoms with Crippen LogP contribution in [0.2, 0.25) is 0 Å². The van der Waals surface area contributed by atoms with Crippen LogP contribution in [0.15, 0.2) is 90.0 Å². The minimum atomic E-state index is -1.58. The Morgan fingerprint density at radius 3 is 2.37 bits per heavy atom. The lowest BCUT2D eigenvalue weighted by Gasteiger charge is -2.42. The number of carbonyl (C=O) groups is 3. The maximum Gasteiger partial charge on any atom is 0.249 e. The van der Waals surface area contributed by atoms with Gasteiger partial charge in [0.05, 0.1) is 18.6 Å². The largest absolute Gasteiger partial charge is 0.497 e. The minimum absolute atomic E-state index is 0.0285. The molecule has 46 heavy (non-hydrogen) atoms. The third-order valence-corrected chi connectivity index (χ3v) is 8.78. The zero-order valence-electron chi connectivity index (χ0n) is 27.0. The average molecular weight is 627 g/mol. The van der Waals surface area contributed by atoms with E-state index in [9.17, 15) is 19.5 Å². The second kappa shape index (κ2) is 15.7. The van der Waals surface area contributed by atoms with Gasteiger partial charge in [0.15, 0.2) is 0 Å². The highest BCUT2D eigenvalue weighted by atomic mass is 16.5. The molecule has 3 atom stereocenters. The summed E-state index contributed by atoms with van der Waals surface area (Å²) >= 11 is 0. The molecule has 3 aromatic carbocycles. The Hall–Kier alpha value is -4.47. The molecule has 244 valence electrons. The van der Waals surface area contributed by atoms with Gasteiger partial charge in [-0.05, 0) is 65.8 Å². The standard InChI is InChI=1S/C37H46N4O5/c1-4-16-41(17-5-2)35(44)29-19-28(34(38)43)21-37(22-29,36(39)45)32(20-27-13-9-12-26-11-6-7-15-31(26)27)33(42)24-40-23-25-10-8-14-30(18-25)46-3/h6-15,18-19,21,32-33,40,42H,4-5,16-17,20,22-24H2,1-3H3,(H2,38,43)(H2,39,45)/t32-,33+,37?/m1/s1. The number of primary amides is 2. The van der Waals surface area contributed by atoms with Crippen molar-refractivity contribution >= 4 is 28.5 Å². The van der Waals surface area contributed by atoms with Gasteiger partial charge in [-0.15, -0.1) is 0 Å². The number of aliphatic hydroxyl groups is 1. The second-order valence-electron chi connectivity index (χ2n) is 12.0. The Labute approximate surface area is 271 Å². The predicted octanol–water partition coefficient (Wildman–Crippen LogP) is 4.02. The number of amides is 3. The third kappa shape index (κ3) is 7.84. The maximum atomic E-state index is 13.9. The van der Waals surface area contributed by atoms with Crippen LogP contribution in [0.5, 0.6) is 5.75 Å². The fraction of sp³-hybridized carbons (Fsp3) is 0.378. The molecule has 6 N–H and O–H groups in total. The fourth-order valence-electron chi connectivity index (χ4n) is 6.50. The van der Waals surface area contributed by atoms with Gasteiger partial charge in [0.25, 0.3) is 0 Å². The van der Waals surface area contributed by atoms with E-state index < -0.39 is 29.3 Å². The first-order valence-electron chi connectivity index (χ1n) is 15.9. The van der Waals surface area contributed by atoms with E-state index in [4.69, 9.17) is 16.2 Å². The molecule has 0 radical (unpaired) electrons. The van der Waals surface area contributed by atoms with E-state index in [1.165, 1.54) is 12.2 Å². The summed E-state index contributed by atoms with van der Waals surface area (Å²) in [6.07, 6.45) is 3.55. The van der Waals surface area contributed by atoms with Crippen LogP contribution in [0.25, 0.3) is 10.8 Å². The molecule has 9 heteroatoms. The summed E-state index contributed by atoms with van der Waals surface area (Å²) < 4.78 is 5.34. The first kappa shape index (κ1) is 34.4. The molecule has 0 heterocycles. The molecule has 1 aliphatic rings. The SMILES string of the molecule is CCCN(CCC)C(=O)C1=CC(C(N)=O)=CC(C(N)=O)([C@H](Cc2cccc3ccccc23)[C@@H](O)CNCc2cccc(OC)c2)C1. The Balaban J connectivity index is 1.77. The number of nitrogens with zero attached hydrogens (tertiary/aromatic N) is 1. The van der Waals surface area contributed by atoms with E-state index in [-0.39, 0.29) is 36.4 Å². The van der Waals surface area contributed by atoms with E-state index in [1.54, 1.807) is 12.0 Å². The molecule has 3 aromatic rings. The summed E-state index contributed by atoms with van der Waals surface area (Å²) in [5, 5.41) is 17.3. The molecule has 0 aromatic heterocycles. The molecule has 1 aliphatic carbocycles. The van der Waals surface area contributed by atoms with E-state index in [1.807, 2.05) is 80.6 Å². The van der Waals surface area contributed by atoms with E-state index in [0.717, 1.165) is 40.5 Å². The molecule has 0 saturated carbocycles. The molecular formula is C37H46N4O5. The van der Waals surface area contributed by atoms with Crippen molar-refractivity contribution in [2.75, 3.05) is 26.7 Å². The van der Waals surface area contributed by atoms with Crippen LogP contribution in [0.1, 0.15) is 44.2 Å². The van der Waals surface area contributed by atoms with Gasteiger partial charge in [0.2, 0.25) is 17.7 Å². The van der Waals surface area contributed by atoms with Crippen LogP contribution in [-0.4, -0.2) is 60.6 Å². The predicted molar refractivity (Wildman–Crippen MR) is 181 cm³/mol. The van der Waals surface area contributed by atoms with Gasteiger partial charge < -0.3 is 31.5 Å². The molecule has 0 fully saturated rings. The monoisotopic (exact) mass is 626 g/mol. The molecule has 3 amide bonds. The van der Waals surface area contributed by atoms with Crippen molar-refractivity contribution in [1.29, 1.82) is 0 Å². The van der Waals surface area contributed by atoms with E-state index in [2.05, 4.69) is 5.32 Å². The Morgan fingerprint density at radius 2 is 1.70 bits per heavy atom. The Kier molecular flexibility index (Phi) is 11.7. The van der Waals surface area contributed by atoms with Crippen LogP contribution >= 0.6 is 0 Å². The highest BCUT2D eigenvalue weighted by Gasteiger charge is 2.49. The summed E-state index contributed by atoms with van der Waals surface area (Å²) in [6, 6.07) is 21.4. The number of hydrogen-bond acceptors (Lipinski definition) is 6. The number of nitrogens with one attached hydrogen (secondary N) is 1. The van der Waals surface area contributed by atoms with Gasteiger partial charge in [-0.2, -0.15) is 0 Å². The van der Waals surface area contributed by atoms with Crippen LogP contribution < -0.4 is 21.5 Å². The lowest BCUT2D eigenvalue weighted by molar-refractivity contribution is -0.132. The second-order valence-corrected chi connectivity index (χ2v) is 12.0. The fourth-order valence-corrected chi connectivity index (χ4v) is 6.50. The van der Waals surface area contributed by atoms with Crippen LogP contribution in [0.3, 0.4) is 0 Å². The van der Waals surface area contributed by atoms with Crippen molar-refractivity contribution in [3.05, 3.63) is 101 Å². The zero-order chi connectivity index (χ0) is 33.3. The molecule has 9 nitrogen and oxygen atoms in total. The smallest absolute Gasteiger partial charge is 0.249 e. The van der Waals surface area contributed by atoms with Gasteiger partial charge >= 0.3 is 0 Å². The van der Waals surface area contributed by atoms with Crippen molar-refractivity contribution in [3.8, 4) is 5.75 Å². The van der Waals surface area contributed by atoms with E-state index >= 15 is 0 Å². The molecule has 0 saturated heterocycles. The molecular weight excluding hydrogens is 580 g/mol. The summed E-state index contributed by atoms with van der Waals surface area (Å²) in [5.74, 6) is -1.88. The van der Waals surface area contributed by atoms with Crippen LogP contribution in [0.4, 0.5) is 0 Å². The first-order valence-corrected chi connectivity index (χ1v) is 15.9. The summed E-state index contributed by atoms with van der Waals surface area (Å²) in [4.78, 5) is 42.1. The quantitative estimate of drug-likeness (QED) is 0.189. The summed E-state index contributed by atoms with van der Waals surface area (Å²) in [7, 11) is 1.60. The van der Waals surface area contributed by atoms with Crippen molar-refractivity contribution < 1.29 is 24.2 Å². The number of carbonyl (C=O) groups excluding carboxylic acids is 3. The van der Waals surface area contributed by atoms with Gasteiger partial charge in [-0.3, -0.25) is 14.4 Å². The number of fused-ring (bicyclic) bond motifs is 1. The van der Waals surface area contributed by atoms with Crippen molar-refractivity contribution in [1.82, 2.24) is 10.2 Å². The summed E-state index contributed by atoms with van der Waals surface area (Å²) in [6.45, 7) is 5.59. The van der Waals surface area contributed by atoms with Crippen molar-refractivity contribution in [2.24, 2.45) is 22.8 Å². The number of benzene rings is 3. The molecule has 4 rings (SSSR count). The maximum absolute atomic E-state index is 13.9. The Bertz CT molecular complexity index is 1600. The van der Waals surface area contributed by atoms with Crippen LogP contribution in [0, 0.1) is 11.3 Å². The number of hydrogen-bond donors (Lipinski definition) is 4. The topological polar surface area (TPSA) is 148 Å². The highest BCUT2D eigenvalue weighted by molar-refractivity contribution is 6.03. The van der Waals surface area contributed by atoms with Crippen LogP contribution in [-0.2, 0) is 27.3 Å². The van der Waals surface area contributed by atoms with Gasteiger partial charge in [-0.25, -0.2) is 0 Å². The third-order valence-electron chi connectivity index (χ3n) is 8.78. The lowest BCUT2D eigenvalue weighted by Crippen LogP contribution is -2.52. The number of ether oxygens (including phenoxy) is 1. The number of nitrogens with two attached hydrogens (primary N) is 2. The number of methoxy groups -OCH3 is 1. The van der Waals surface area contributed by atoms with Gasteiger partial charge in [0.1, 0.15) is 5.75 Å². The highest BCUT2D eigenvalue weighted by Crippen LogP contribution is 2.45. The zero-order valence-corrected chi connectivity index (χ0v) is 27.0. The number of aliphatic hydroxyl groups excluding tert-OH is 1. The normalized spacial score (nSPS) is 17.5. The van der Waals surface area contributed by atoms with Gasteiger partial charge in [-0.1, -0.05) is 74.5 Å². The van der Waals surface area contributed by atoms with E-state index in [0.29, 0.717) is 19.6 Å². The lowest BCUT2D eigenvalue weighted by atomic mass is 9.63. The minimum Gasteiger partial charge on any atom is -0.497 e. The molecule has 1 unspecified atom stereocenters. The first-order chi connectivity index (χ1) is 22.1. The molecule has 0 spiro atoms. The van der Waals surface area contributed by atoms with Gasteiger partial charge in [0, 0.05) is 43.2 Å².